The Morgan fingerprint density at radius 1 is 0.447 bits per heavy atom. The summed E-state index contributed by atoms with van der Waals surface area (Å²) in [6, 6.07) is 58.4. The number of nitrogens with zero attached hydrogens (tertiary/aromatic N) is 2. The Morgan fingerprint density at radius 2 is 1.02 bits per heavy atom. The van der Waals surface area contributed by atoms with Gasteiger partial charge in [-0.25, -0.2) is 4.79 Å². The van der Waals surface area contributed by atoms with Crippen LogP contribution in [0.5, 0.6) is 0 Å². The van der Waals surface area contributed by atoms with Crippen LogP contribution in [0.2, 0.25) is 0 Å². The van der Waals surface area contributed by atoms with E-state index in [1.54, 1.807) is 0 Å². The lowest BCUT2D eigenvalue weighted by Gasteiger charge is -2.26. The summed E-state index contributed by atoms with van der Waals surface area (Å²) in [5, 5.41) is 4.55. The largest absolute Gasteiger partial charge is 0.420 e. The van der Waals surface area contributed by atoms with Gasteiger partial charge in [-0.15, -0.1) is 0 Å². The fourth-order valence-electron chi connectivity index (χ4n) is 6.91. The van der Waals surface area contributed by atoms with Gasteiger partial charge >= 0.3 is 5.63 Å². The van der Waals surface area contributed by atoms with Crippen molar-refractivity contribution in [2.24, 2.45) is 0 Å². The second-order valence-electron chi connectivity index (χ2n) is 11.7. The van der Waals surface area contributed by atoms with Crippen molar-refractivity contribution in [3.63, 3.8) is 0 Å². The highest BCUT2D eigenvalue weighted by Crippen LogP contribution is 2.40. The van der Waals surface area contributed by atoms with Crippen LogP contribution in [0.4, 0.5) is 17.1 Å². The van der Waals surface area contributed by atoms with Crippen molar-refractivity contribution in [1.29, 1.82) is 0 Å². The maximum atomic E-state index is 13.3. The van der Waals surface area contributed by atoms with E-state index >= 15 is 0 Å². The molecule has 0 spiro atoms. The average Bonchev–Trinajstić information content (AvgIpc) is 3.48. The van der Waals surface area contributed by atoms with Gasteiger partial charge in [0.25, 0.3) is 0 Å². The fraction of sp³-hybridized carbons (Fsp3) is 0. The molecule has 7 aromatic carbocycles. The van der Waals surface area contributed by atoms with Gasteiger partial charge in [0.05, 0.1) is 16.4 Å². The van der Waals surface area contributed by atoms with Gasteiger partial charge in [-0.2, -0.15) is 0 Å². The fourth-order valence-corrected chi connectivity index (χ4v) is 6.91. The summed E-state index contributed by atoms with van der Waals surface area (Å²) in [5.41, 5.74) is 8.64. The van der Waals surface area contributed by atoms with Gasteiger partial charge in [0.1, 0.15) is 0 Å². The van der Waals surface area contributed by atoms with Gasteiger partial charge in [-0.1, -0.05) is 103 Å². The molecule has 222 valence electrons. The van der Waals surface area contributed by atoms with Crippen LogP contribution in [0.15, 0.2) is 179 Å². The van der Waals surface area contributed by atoms with Crippen LogP contribution in [0.25, 0.3) is 60.4 Å². The zero-order valence-electron chi connectivity index (χ0n) is 25.4. The zero-order chi connectivity index (χ0) is 31.3. The van der Waals surface area contributed by atoms with Crippen LogP contribution in [0.1, 0.15) is 0 Å². The van der Waals surface area contributed by atoms with Gasteiger partial charge in [-0.05, 0) is 83.2 Å². The summed E-state index contributed by atoms with van der Waals surface area (Å²) in [5.74, 6) is 0. The minimum Gasteiger partial charge on any atom is -0.420 e. The van der Waals surface area contributed by atoms with Crippen molar-refractivity contribution in [3.05, 3.63) is 180 Å². The topological polar surface area (TPSA) is 38.4 Å². The van der Waals surface area contributed by atoms with E-state index in [0.717, 1.165) is 66.5 Å². The minimum atomic E-state index is -0.329. The molecule has 2 aromatic heterocycles. The first-order valence-corrected chi connectivity index (χ1v) is 15.7. The maximum Gasteiger partial charge on any atom is 0.344 e. The Bertz CT molecular complexity index is 2620. The number of aromatic nitrogens is 1. The lowest BCUT2D eigenvalue weighted by atomic mass is 10.0. The molecule has 0 N–H and O–H groups in total. The van der Waals surface area contributed by atoms with Crippen LogP contribution >= 0.6 is 0 Å². The monoisotopic (exact) mass is 604 g/mol. The first-order chi connectivity index (χ1) is 23.2. The number of rotatable bonds is 5. The third-order valence-corrected chi connectivity index (χ3v) is 8.99. The molecule has 4 heteroatoms. The number of fused-ring (bicyclic) bond motifs is 7. The molecule has 0 radical (unpaired) electrons. The Labute approximate surface area is 271 Å². The molecular weight excluding hydrogens is 576 g/mol. The van der Waals surface area contributed by atoms with E-state index in [2.05, 4.69) is 143 Å². The molecule has 0 saturated carbocycles. The maximum absolute atomic E-state index is 13.3. The molecule has 0 amide bonds. The standard InChI is InChI=1S/C43H28N2O2/c46-43-39-23-8-7-21-35(39)38-26-25-37-36-22-9-10-24-40(36)45(41(37)42(38)47-43)34-20-12-14-30(28-34)29-13-11-19-33(27-29)44(31-15-3-1-4-16-31)32-17-5-2-6-18-32/h1-28H. The summed E-state index contributed by atoms with van der Waals surface area (Å²) in [6.07, 6.45) is 0. The number of hydrogen-bond donors (Lipinski definition) is 0. The molecule has 2 heterocycles. The quantitative estimate of drug-likeness (QED) is 0.145. The summed E-state index contributed by atoms with van der Waals surface area (Å²) in [6.45, 7) is 0. The first-order valence-electron chi connectivity index (χ1n) is 15.7. The van der Waals surface area contributed by atoms with Gasteiger partial charge < -0.3 is 13.9 Å². The summed E-state index contributed by atoms with van der Waals surface area (Å²) in [4.78, 5) is 15.5. The highest BCUT2D eigenvalue weighted by atomic mass is 16.4. The third kappa shape index (κ3) is 4.42. The zero-order valence-corrected chi connectivity index (χ0v) is 25.4. The number of anilines is 3. The minimum absolute atomic E-state index is 0.329. The van der Waals surface area contributed by atoms with Gasteiger partial charge in [0, 0.05) is 38.9 Å². The molecule has 0 bridgehead atoms. The Balaban J connectivity index is 1.25. The molecule has 0 atom stereocenters. The summed E-state index contributed by atoms with van der Waals surface area (Å²) < 4.78 is 8.37. The molecule has 0 saturated heterocycles. The second-order valence-corrected chi connectivity index (χ2v) is 11.7. The summed E-state index contributed by atoms with van der Waals surface area (Å²) >= 11 is 0. The molecule has 0 aliphatic carbocycles. The summed E-state index contributed by atoms with van der Waals surface area (Å²) in [7, 11) is 0. The number of para-hydroxylation sites is 3. The molecule has 0 fully saturated rings. The first kappa shape index (κ1) is 27.0. The molecule has 9 aromatic rings. The lowest BCUT2D eigenvalue weighted by molar-refractivity contribution is 0.572. The predicted molar refractivity (Wildman–Crippen MR) is 194 cm³/mol. The smallest absolute Gasteiger partial charge is 0.344 e. The van der Waals surface area contributed by atoms with Crippen molar-refractivity contribution in [1.82, 2.24) is 4.57 Å². The van der Waals surface area contributed by atoms with Crippen LogP contribution in [0.3, 0.4) is 0 Å². The van der Waals surface area contributed by atoms with Crippen molar-refractivity contribution < 1.29 is 4.42 Å². The molecule has 9 rings (SSSR count). The SMILES string of the molecule is O=c1oc2c(ccc3c4ccccc4n(-c4cccc(-c5cccc(N(c6ccccc6)c6ccccc6)c5)c4)c32)c2ccccc12. The molecule has 0 aliphatic rings. The highest BCUT2D eigenvalue weighted by molar-refractivity contribution is 6.20. The predicted octanol–water partition coefficient (Wildman–Crippen LogP) is 11.2. The van der Waals surface area contributed by atoms with E-state index < -0.39 is 0 Å². The van der Waals surface area contributed by atoms with Crippen LogP contribution < -0.4 is 10.5 Å². The van der Waals surface area contributed by atoms with E-state index in [4.69, 9.17) is 4.42 Å². The Morgan fingerprint density at radius 3 is 1.77 bits per heavy atom. The Kier molecular flexibility index (Phi) is 6.25. The number of hydrogen-bond acceptors (Lipinski definition) is 3. The van der Waals surface area contributed by atoms with Crippen LogP contribution in [0, 0.1) is 0 Å². The normalized spacial score (nSPS) is 11.5. The van der Waals surface area contributed by atoms with Gasteiger partial charge in [0.2, 0.25) is 0 Å². The average molecular weight is 605 g/mol. The molecule has 47 heavy (non-hydrogen) atoms. The molecule has 0 aliphatic heterocycles. The van der Waals surface area contributed by atoms with E-state index in [1.165, 1.54) is 0 Å². The molecule has 4 nitrogen and oxygen atoms in total. The third-order valence-electron chi connectivity index (χ3n) is 8.99. The number of benzene rings is 7. The lowest BCUT2D eigenvalue weighted by Crippen LogP contribution is -2.09. The van der Waals surface area contributed by atoms with E-state index in [1.807, 2.05) is 36.4 Å². The van der Waals surface area contributed by atoms with Gasteiger partial charge in [0.15, 0.2) is 5.58 Å². The van der Waals surface area contributed by atoms with Gasteiger partial charge in [-0.3, -0.25) is 0 Å². The second kappa shape index (κ2) is 10.9. The highest BCUT2D eigenvalue weighted by Gasteiger charge is 2.19. The van der Waals surface area contributed by atoms with Crippen molar-refractivity contribution in [2.75, 3.05) is 4.90 Å². The van der Waals surface area contributed by atoms with Crippen molar-refractivity contribution >= 4 is 60.6 Å². The van der Waals surface area contributed by atoms with E-state index in [9.17, 15) is 4.79 Å². The molecule has 0 unspecified atom stereocenters. The van der Waals surface area contributed by atoms with E-state index in [-0.39, 0.29) is 5.63 Å². The Hall–Kier alpha value is -6.39. The van der Waals surface area contributed by atoms with Crippen molar-refractivity contribution in [2.45, 2.75) is 0 Å². The van der Waals surface area contributed by atoms with Crippen LogP contribution in [-0.2, 0) is 0 Å². The van der Waals surface area contributed by atoms with E-state index in [0.29, 0.717) is 11.0 Å². The van der Waals surface area contributed by atoms with Crippen molar-refractivity contribution in [3.8, 4) is 16.8 Å². The molecular formula is C43H28N2O2. The van der Waals surface area contributed by atoms with Crippen LogP contribution in [-0.4, -0.2) is 4.57 Å².